The Hall–Kier alpha value is -1.42. The molecule has 4 nitrogen and oxygen atoms in total. The zero-order chi connectivity index (χ0) is 20.9. The van der Waals surface area contributed by atoms with Crippen molar-refractivity contribution in [2.45, 2.75) is 65.4 Å². The van der Waals surface area contributed by atoms with E-state index in [0.29, 0.717) is 23.3 Å². The lowest BCUT2D eigenvalue weighted by molar-refractivity contribution is -0.185. The van der Waals surface area contributed by atoms with Crippen molar-refractivity contribution in [2.24, 2.45) is 40.4 Å². The van der Waals surface area contributed by atoms with Gasteiger partial charge in [0.25, 0.3) is 0 Å². The summed E-state index contributed by atoms with van der Waals surface area (Å²) in [7, 11) is 0. The maximum absolute atomic E-state index is 12.8. The number of allylic oxidation sites excluding steroid dienone is 4. The van der Waals surface area contributed by atoms with E-state index in [1.165, 1.54) is 6.92 Å². The van der Waals surface area contributed by atoms with Crippen LogP contribution in [0.3, 0.4) is 0 Å². The summed E-state index contributed by atoms with van der Waals surface area (Å²) in [4.78, 5) is 37.1. The molecule has 5 aliphatic rings. The number of esters is 1. The van der Waals surface area contributed by atoms with Gasteiger partial charge in [0.15, 0.2) is 17.2 Å². The third-order valence-corrected chi connectivity index (χ3v) is 9.83. The van der Waals surface area contributed by atoms with Gasteiger partial charge in [-0.05, 0) is 74.3 Å². The van der Waals surface area contributed by atoms with Gasteiger partial charge in [0, 0.05) is 28.7 Å². The Morgan fingerprint density at radius 1 is 1.10 bits per heavy atom. The maximum atomic E-state index is 12.8. The Bertz CT molecular complexity index is 903. The van der Waals surface area contributed by atoms with Crippen LogP contribution in [-0.2, 0) is 19.1 Å². The van der Waals surface area contributed by atoms with Crippen molar-refractivity contribution >= 4 is 29.1 Å². The number of halogens is 1. The van der Waals surface area contributed by atoms with Crippen LogP contribution in [0.5, 0.6) is 0 Å². The molecule has 156 valence electrons. The molecule has 0 bridgehead atoms. The second kappa shape index (κ2) is 5.84. The normalized spacial score (nSPS) is 49.7. The van der Waals surface area contributed by atoms with E-state index < -0.39 is 5.60 Å². The zero-order valence-electron chi connectivity index (χ0n) is 17.6. The van der Waals surface area contributed by atoms with Gasteiger partial charge in [-0.3, -0.25) is 14.4 Å². The lowest BCUT2D eigenvalue weighted by Crippen LogP contribution is -2.58. The fourth-order valence-corrected chi connectivity index (χ4v) is 8.43. The van der Waals surface area contributed by atoms with Crippen molar-refractivity contribution in [3.8, 4) is 0 Å². The van der Waals surface area contributed by atoms with E-state index in [4.69, 9.17) is 16.3 Å². The second-order valence-electron chi connectivity index (χ2n) is 10.5. The average Bonchev–Trinajstić information content (AvgIpc) is 3.39. The predicted molar refractivity (Wildman–Crippen MR) is 109 cm³/mol. The van der Waals surface area contributed by atoms with Crippen LogP contribution in [0.25, 0.3) is 0 Å². The molecule has 0 radical (unpaired) electrons. The molecule has 3 fully saturated rings. The SMILES string of the molecule is CC(=O)O[C@]1(C(C)=O)CC[C@@H]2[C@@H]3C=C(Cl)C4=CC(=O)[C@@H]5C[C@@H]5[C@@]4(C)[C@@H]3CC[C@]21C. The van der Waals surface area contributed by atoms with Crippen LogP contribution in [0, 0.1) is 40.4 Å². The molecular weight excluding hydrogens is 388 g/mol. The van der Waals surface area contributed by atoms with Gasteiger partial charge >= 0.3 is 5.97 Å². The highest BCUT2D eigenvalue weighted by Crippen LogP contribution is 2.72. The topological polar surface area (TPSA) is 60.4 Å². The van der Waals surface area contributed by atoms with Crippen LogP contribution in [0.4, 0.5) is 0 Å². The van der Waals surface area contributed by atoms with E-state index in [2.05, 4.69) is 19.9 Å². The standard InChI is InChI=1S/C24H29ClO4/c1-12(26)24(29-13(2)27)8-6-16-14-10-20(25)19-11-21(28)15-9-18(15)23(19,4)17(14)5-7-22(16,24)3/h10-11,14-18H,5-9H2,1-4H3/t14-,15+,16+,17+,18-,22+,23+,24-/m0/s1. The summed E-state index contributed by atoms with van der Waals surface area (Å²) in [5, 5.41) is 0.713. The van der Waals surface area contributed by atoms with Gasteiger partial charge in [0.1, 0.15) is 0 Å². The van der Waals surface area contributed by atoms with E-state index in [1.54, 1.807) is 6.92 Å². The highest BCUT2D eigenvalue weighted by atomic mass is 35.5. The van der Waals surface area contributed by atoms with Gasteiger partial charge in [0.2, 0.25) is 0 Å². The third-order valence-electron chi connectivity index (χ3n) is 9.50. The number of rotatable bonds is 2. The first-order valence-corrected chi connectivity index (χ1v) is 11.3. The molecule has 29 heavy (non-hydrogen) atoms. The molecule has 0 unspecified atom stereocenters. The number of hydrogen-bond donors (Lipinski definition) is 0. The third kappa shape index (κ3) is 2.24. The highest BCUT2D eigenvalue weighted by molar-refractivity contribution is 6.32. The van der Waals surface area contributed by atoms with Gasteiger partial charge in [-0.1, -0.05) is 31.5 Å². The summed E-state index contributed by atoms with van der Waals surface area (Å²) in [6.45, 7) is 7.42. The molecule has 0 spiro atoms. The molecule has 5 aliphatic carbocycles. The predicted octanol–water partition coefficient (Wildman–Crippen LogP) is 4.61. The first kappa shape index (κ1) is 19.5. The first-order valence-electron chi connectivity index (χ1n) is 10.9. The van der Waals surface area contributed by atoms with Crippen LogP contribution in [0.1, 0.15) is 59.8 Å². The van der Waals surface area contributed by atoms with Crippen molar-refractivity contribution in [3.63, 3.8) is 0 Å². The van der Waals surface area contributed by atoms with Crippen molar-refractivity contribution < 1.29 is 19.1 Å². The van der Waals surface area contributed by atoms with Crippen molar-refractivity contribution in [3.05, 3.63) is 22.8 Å². The molecule has 8 atom stereocenters. The summed E-state index contributed by atoms with van der Waals surface area (Å²) < 4.78 is 5.82. The van der Waals surface area contributed by atoms with Crippen LogP contribution in [-0.4, -0.2) is 23.1 Å². The number of ketones is 2. The summed E-state index contributed by atoms with van der Waals surface area (Å²) in [6.07, 6.45) is 8.18. The van der Waals surface area contributed by atoms with Crippen LogP contribution < -0.4 is 0 Å². The van der Waals surface area contributed by atoms with Crippen molar-refractivity contribution in [1.29, 1.82) is 0 Å². The Labute approximate surface area is 177 Å². The molecule has 0 aromatic carbocycles. The molecule has 0 aliphatic heterocycles. The molecular formula is C24H29ClO4. The van der Waals surface area contributed by atoms with Gasteiger partial charge in [-0.15, -0.1) is 0 Å². The van der Waals surface area contributed by atoms with Crippen molar-refractivity contribution in [1.82, 2.24) is 0 Å². The molecule has 0 saturated heterocycles. The zero-order valence-corrected chi connectivity index (χ0v) is 18.3. The van der Waals surface area contributed by atoms with Gasteiger partial charge in [0.05, 0.1) is 0 Å². The molecule has 0 heterocycles. The minimum Gasteiger partial charge on any atom is -0.451 e. The fourth-order valence-electron chi connectivity index (χ4n) is 8.03. The number of Topliss-reactive ketones (excluding diaryl/α,β-unsaturated/α-hetero) is 1. The van der Waals surface area contributed by atoms with Gasteiger partial charge in [-0.2, -0.15) is 0 Å². The molecule has 0 N–H and O–H groups in total. The van der Waals surface area contributed by atoms with E-state index in [0.717, 1.165) is 31.3 Å². The van der Waals surface area contributed by atoms with Crippen LogP contribution in [0.2, 0.25) is 0 Å². The van der Waals surface area contributed by atoms with E-state index in [9.17, 15) is 14.4 Å². The summed E-state index contributed by atoms with van der Waals surface area (Å²) >= 11 is 6.79. The highest BCUT2D eigenvalue weighted by Gasteiger charge is 2.70. The largest absolute Gasteiger partial charge is 0.451 e. The lowest BCUT2D eigenvalue weighted by atomic mass is 9.47. The minimum atomic E-state index is -1.03. The molecule has 5 rings (SSSR count). The summed E-state index contributed by atoms with van der Waals surface area (Å²) in [5.74, 6) is 1.27. The minimum absolute atomic E-state index is 0.0423. The van der Waals surface area contributed by atoms with Crippen LogP contribution >= 0.6 is 11.6 Å². The molecule has 0 aromatic rings. The maximum Gasteiger partial charge on any atom is 0.303 e. The molecule has 0 aromatic heterocycles. The van der Waals surface area contributed by atoms with Gasteiger partial charge < -0.3 is 4.74 Å². The molecule has 0 amide bonds. The van der Waals surface area contributed by atoms with Crippen molar-refractivity contribution in [2.75, 3.05) is 0 Å². The lowest BCUT2D eigenvalue weighted by Gasteiger charge is -2.57. The quantitative estimate of drug-likeness (QED) is 0.617. The summed E-state index contributed by atoms with van der Waals surface area (Å²) in [5.41, 5.74) is -0.455. The van der Waals surface area contributed by atoms with Crippen LogP contribution in [0.15, 0.2) is 22.8 Å². The first-order chi connectivity index (χ1) is 13.6. The molecule has 5 heteroatoms. The smallest absolute Gasteiger partial charge is 0.303 e. The van der Waals surface area contributed by atoms with E-state index in [-0.39, 0.29) is 46.1 Å². The van der Waals surface area contributed by atoms with Gasteiger partial charge in [-0.25, -0.2) is 0 Å². The second-order valence-corrected chi connectivity index (χ2v) is 10.9. The Morgan fingerprint density at radius 2 is 1.79 bits per heavy atom. The number of hydrogen-bond acceptors (Lipinski definition) is 4. The summed E-state index contributed by atoms with van der Waals surface area (Å²) in [6, 6.07) is 0. The monoisotopic (exact) mass is 416 g/mol. The van der Waals surface area contributed by atoms with E-state index in [1.807, 2.05) is 6.08 Å². The fraction of sp³-hybridized carbons (Fsp3) is 0.708. The Balaban J connectivity index is 1.60. The molecule has 3 saturated carbocycles. The number of carbonyl (C=O) groups is 3. The number of fused-ring (bicyclic) bond motifs is 7. The Morgan fingerprint density at radius 3 is 2.45 bits per heavy atom. The average molecular weight is 417 g/mol. The number of carbonyl (C=O) groups excluding carboxylic acids is 3. The Kier molecular flexibility index (Phi) is 3.93. The van der Waals surface area contributed by atoms with E-state index >= 15 is 0 Å². The number of ether oxygens (including phenoxy) is 1.